The van der Waals surface area contributed by atoms with Crippen LogP contribution in [0.4, 0.5) is 0 Å². The minimum Gasteiger partial charge on any atom is -0.394 e. The lowest BCUT2D eigenvalue weighted by Crippen LogP contribution is -2.75. The van der Waals surface area contributed by atoms with Gasteiger partial charge in [-0.25, -0.2) is 0 Å². The standard InChI is InChI=1S/C18H32O16/c19-1-4-7(22)9(24)11(26)16(31-4)18(30)15(29)13(28)14(6(3-21)34-18)33-17-12(27)10(25)8(23)5(2-20)32-17/h4-17,19-30H,1-3H2/t4-,5-,6-,7-,8+,9+,10+,11-,12-,13+,14-,15-,16+,17+,18?/m1/s1. The maximum absolute atomic E-state index is 11.0. The number of aliphatic hydroxyl groups is 12. The lowest BCUT2D eigenvalue weighted by molar-refractivity contribution is -0.420. The van der Waals surface area contributed by atoms with E-state index in [2.05, 4.69) is 0 Å². The first kappa shape index (κ1) is 27.9. The van der Waals surface area contributed by atoms with Crippen LogP contribution < -0.4 is 0 Å². The Balaban J connectivity index is 1.83. The van der Waals surface area contributed by atoms with Gasteiger partial charge in [0, 0.05) is 0 Å². The quantitative estimate of drug-likeness (QED) is 0.160. The molecular weight excluding hydrogens is 472 g/mol. The maximum Gasteiger partial charge on any atom is 0.225 e. The lowest BCUT2D eigenvalue weighted by atomic mass is 9.83. The van der Waals surface area contributed by atoms with Crippen LogP contribution in [0.5, 0.6) is 0 Å². The molecule has 15 atom stereocenters. The van der Waals surface area contributed by atoms with Crippen molar-refractivity contribution in [3.05, 3.63) is 0 Å². The van der Waals surface area contributed by atoms with Gasteiger partial charge in [-0.05, 0) is 0 Å². The summed E-state index contributed by atoms with van der Waals surface area (Å²) >= 11 is 0. The van der Waals surface area contributed by atoms with Gasteiger partial charge >= 0.3 is 0 Å². The molecule has 3 saturated heterocycles. The molecule has 3 aliphatic rings. The van der Waals surface area contributed by atoms with Crippen LogP contribution >= 0.6 is 0 Å². The molecule has 0 spiro atoms. The molecule has 0 aromatic carbocycles. The number of aliphatic hydroxyl groups excluding tert-OH is 11. The fourth-order valence-electron chi connectivity index (χ4n) is 4.35. The summed E-state index contributed by atoms with van der Waals surface area (Å²) < 4.78 is 21.1. The van der Waals surface area contributed by atoms with E-state index < -0.39 is 111 Å². The van der Waals surface area contributed by atoms with Crippen molar-refractivity contribution >= 4 is 0 Å². The van der Waals surface area contributed by atoms with Gasteiger partial charge in [-0.1, -0.05) is 0 Å². The summed E-state index contributed by atoms with van der Waals surface area (Å²) in [5, 5.41) is 121. The second kappa shape index (κ2) is 10.8. The van der Waals surface area contributed by atoms with Crippen LogP contribution in [0, 0.1) is 0 Å². The van der Waals surface area contributed by atoms with Crippen molar-refractivity contribution < 1.29 is 80.2 Å². The molecule has 16 heteroatoms. The number of ether oxygens (including phenoxy) is 4. The Morgan fingerprint density at radius 1 is 0.588 bits per heavy atom. The van der Waals surface area contributed by atoms with Crippen molar-refractivity contribution in [3.63, 3.8) is 0 Å². The molecule has 200 valence electrons. The van der Waals surface area contributed by atoms with Crippen molar-refractivity contribution in [2.75, 3.05) is 19.8 Å². The highest BCUT2D eigenvalue weighted by molar-refractivity contribution is 5.06. The van der Waals surface area contributed by atoms with Crippen LogP contribution in [-0.2, 0) is 18.9 Å². The zero-order valence-corrected chi connectivity index (χ0v) is 17.7. The fraction of sp³-hybridized carbons (Fsp3) is 1.00. The number of rotatable bonds is 6. The van der Waals surface area contributed by atoms with Crippen LogP contribution in [0.25, 0.3) is 0 Å². The van der Waals surface area contributed by atoms with E-state index in [1.165, 1.54) is 0 Å². The third-order valence-electron chi connectivity index (χ3n) is 6.41. The molecule has 0 bridgehead atoms. The van der Waals surface area contributed by atoms with Gasteiger partial charge in [-0.2, -0.15) is 0 Å². The second-order valence-electron chi connectivity index (χ2n) is 8.57. The normalized spacial score (nSPS) is 54.7. The minimum atomic E-state index is -3.00. The van der Waals surface area contributed by atoms with Gasteiger partial charge < -0.3 is 80.2 Å². The van der Waals surface area contributed by atoms with Gasteiger partial charge in [-0.15, -0.1) is 0 Å². The van der Waals surface area contributed by atoms with E-state index in [4.69, 9.17) is 18.9 Å². The molecule has 3 rings (SSSR count). The molecule has 0 aromatic rings. The van der Waals surface area contributed by atoms with E-state index in [9.17, 15) is 61.3 Å². The third-order valence-corrected chi connectivity index (χ3v) is 6.41. The molecule has 16 nitrogen and oxygen atoms in total. The van der Waals surface area contributed by atoms with Crippen molar-refractivity contribution in [2.45, 2.75) is 91.4 Å². The molecule has 12 N–H and O–H groups in total. The Hall–Kier alpha value is -0.640. The van der Waals surface area contributed by atoms with E-state index in [1.807, 2.05) is 0 Å². The third kappa shape index (κ3) is 4.71. The van der Waals surface area contributed by atoms with E-state index in [0.717, 1.165) is 0 Å². The van der Waals surface area contributed by atoms with E-state index in [1.54, 1.807) is 0 Å². The maximum atomic E-state index is 11.0. The van der Waals surface area contributed by atoms with Crippen LogP contribution in [0.1, 0.15) is 0 Å². The highest BCUT2D eigenvalue weighted by Gasteiger charge is 2.63. The van der Waals surface area contributed by atoms with Crippen molar-refractivity contribution in [3.8, 4) is 0 Å². The Morgan fingerprint density at radius 3 is 1.62 bits per heavy atom. The monoisotopic (exact) mass is 504 g/mol. The summed E-state index contributed by atoms with van der Waals surface area (Å²) in [5.41, 5.74) is 0. The first-order valence-electron chi connectivity index (χ1n) is 10.6. The van der Waals surface area contributed by atoms with Gasteiger partial charge in [0.2, 0.25) is 5.79 Å². The number of hydrogen-bond donors (Lipinski definition) is 12. The number of hydrogen-bond acceptors (Lipinski definition) is 16. The van der Waals surface area contributed by atoms with Gasteiger partial charge in [0.15, 0.2) is 6.29 Å². The second-order valence-corrected chi connectivity index (χ2v) is 8.57. The van der Waals surface area contributed by atoms with E-state index in [-0.39, 0.29) is 0 Å². The minimum absolute atomic E-state index is 0.780. The average Bonchev–Trinajstić information content (AvgIpc) is 2.82. The molecule has 3 heterocycles. The Labute approximate surface area is 192 Å². The molecule has 3 fully saturated rings. The summed E-state index contributed by atoms with van der Waals surface area (Å²) in [6.07, 6.45) is -25.9. The molecule has 0 aliphatic carbocycles. The van der Waals surface area contributed by atoms with Crippen LogP contribution in [0.2, 0.25) is 0 Å². The van der Waals surface area contributed by atoms with Crippen molar-refractivity contribution in [1.29, 1.82) is 0 Å². The predicted octanol–water partition coefficient (Wildman–Crippen LogP) is -8.18. The van der Waals surface area contributed by atoms with Crippen LogP contribution in [-0.4, -0.2) is 173 Å². The predicted molar refractivity (Wildman–Crippen MR) is 101 cm³/mol. The summed E-state index contributed by atoms with van der Waals surface area (Å²) in [4.78, 5) is 0. The van der Waals surface area contributed by atoms with E-state index >= 15 is 0 Å². The molecule has 0 aromatic heterocycles. The van der Waals surface area contributed by atoms with Crippen molar-refractivity contribution in [2.24, 2.45) is 0 Å². The first-order chi connectivity index (χ1) is 15.9. The Kier molecular flexibility index (Phi) is 8.85. The van der Waals surface area contributed by atoms with Gasteiger partial charge in [0.1, 0.15) is 79.4 Å². The van der Waals surface area contributed by atoms with Gasteiger partial charge in [0.25, 0.3) is 0 Å². The zero-order valence-electron chi connectivity index (χ0n) is 17.7. The molecule has 34 heavy (non-hydrogen) atoms. The Bertz CT molecular complexity index is 664. The summed E-state index contributed by atoms with van der Waals surface area (Å²) in [6, 6.07) is 0. The smallest absolute Gasteiger partial charge is 0.225 e. The van der Waals surface area contributed by atoms with E-state index in [0.29, 0.717) is 0 Å². The summed E-state index contributed by atoms with van der Waals surface area (Å²) in [7, 11) is 0. The van der Waals surface area contributed by atoms with Crippen LogP contribution in [0.3, 0.4) is 0 Å². The topological polar surface area (TPSA) is 280 Å². The highest BCUT2D eigenvalue weighted by atomic mass is 16.7. The highest BCUT2D eigenvalue weighted by Crippen LogP contribution is 2.39. The molecule has 0 radical (unpaired) electrons. The molecule has 0 amide bonds. The first-order valence-corrected chi connectivity index (χ1v) is 10.6. The summed E-state index contributed by atoms with van der Waals surface area (Å²) in [5.74, 6) is -3.00. The molecule has 0 saturated carbocycles. The largest absolute Gasteiger partial charge is 0.394 e. The van der Waals surface area contributed by atoms with Gasteiger partial charge in [0.05, 0.1) is 19.8 Å². The SMILES string of the molecule is OC[C@H]1O[C@@H](O[C@H]2[C@H](O)[C@@H](O)C(O)([C@H]3O[C@H](CO)[C@@H](O)[C@H](O)[C@H]3O)O[C@@H]2CO)[C@H](O)[C@@H](O)[C@H]1O. The summed E-state index contributed by atoms with van der Waals surface area (Å²) in [6.45, 7) is -2.62. The van der Waals surface area contributed by atoms with Gasteiger partial charge in [-0.3, -0.25) is 0 Å². The molecule has 1 unspecified atom stereocenters. The Morgan fingerprint density at radius 2 is 1.09 bits per heavy atom. The average molecular weight is 504 g/mol. The lowest BCUT2D eigenvalue weighted by Gasteiger charge is -2.53. The fourth-order valence-corrected chi connectivity index (χ4v) is 4.35. The molecule has 3 aliphatic heterocycles. The van der Waals surface area contributed by atoms with Crippen molar-refractivity contribution in [1.82, 2.24) is 0 Å². The van der Waals surface area contributed by atoms with Crippen LogP contribution in [0.15, 0.2) is 0 Å². The molecular formula is C18H32O16. The zero-order chi connectivity index (χ0) is 25.5.